The summed E-state index contributed by atoms with van der Waals surface area (Å²) in [7, 11) is 0. The Morgan fingerprint density at radius 3 is 2.52 bits per heavy atom. The number of hydrogen-bond acceptors (Lipinski definition) is 4. The van der Waals surface area contributed by atoms with Gasteiger partial charge in [0.1, 0.15) is 6.04 Å². The van der Waals surface area contributed by atoms with Gasteiger partial charge in [-0.25, -0.2) is 14.5 Å². The first-order valence-electron chi connectivity index (χ1n) is 8.89. The molecule has 0 spiro atoms. The van der Waals surface area contributed by atoms with Gasteiger partial charge in [0.05, 0.1) is 22.8 Å². The van der Waals surface area contributed by atoms with E-state index in [4.69, 9.17) is 4.98 Å². The van der Waals surface area contributed by atoms with Gasteiger partial charge in [0.15, 0.2) is 5.65 Å². The lowest BCUT2D eigenvalue weighted by molar-refractivity contribution is -0.139. The first kappa shape index (κ1) is 18.6. The zero-order valence-electron chi connectivity index (χ0n) is 15.5. The monoisotopic (exact) mass is 366 g/mol. The van der Waals surface area contributed by atoms with Gasteiger partial charge in [0.2, 0.25) is 0 Å². The minimum Gasteiger partial charge on any atom is -0.480 e. The van der Waals surface area contributed by atoms with Crippen LogP contribution in [-0.4, -0.2) is 37.8 Å². The highest BCUT2D eigenvalue weighted by Gasteiger charge is 2.22. The van der Waals surface area contributed by atoms with Crippen molar-refractivity contribution >= 4 is 22.9 Å². The number of nitrogens with one attached hydrogen (secondary N) is 1. The van der Waals surface area contributed by atoms with Crippen molar-refractivity contribution in [3.63, 3.8) is 0 Å². The lowest BCUT2D eigenvalue weighted by atomic mass is 10.1. The summed E-state index contributed by atoms with van der Waals surface area (Å²) in [5.41, 5.74) is 2.47. The first-order chi connectivity index (χ1) is 12.9. The molecule has 2 N–H and O–H groups in total. The summed E-state index contributed by atoms with van der Waals surface area (Å²) in [5, 5.41) is 16.8. The molecule has 0 saturated heterocycles. The standard InChI is InChI=1S/C20H22N4O3/c1-4-16(20(26)27)23-19(25)14-10-17(13-8-6-5-7-9-13)22-18-15(14)11-21-24(18)12(2)3/h5-12,16H,4H2,1-3H3,(H,23,25)(H,26,27). The molecule has 1 unspecified atom stereocenters. The number of aliphatic carboxylic acids is 1. The number of hydrogen-bond donors (Lipinski definition) is 2. The highest BCUT2D eigenvalue weighted by atomic mass is 16.4. The third-order valence-electron chi connectivity index (χ3n) is 4.38. The summed E-state index contributed by atoms with van der Waals surface area (Å²) in [4.78, 5) is 28.9. The lowest BCUT2D eigenvalue weighted by Gasteiger charge is -2.14. The second-order valence-electron chi connectivity index (χ2n) is 6.61. The topological polar surface area (TPSA) is 97.1 Å². The van der Waals surface area contributed by atoms with Gasteiger partial charge in [-0.05, 0) is 26.3 Å². The molecule has 140 valence electrons. The smallest absolute Gasteiger partial charge is 0.326 e. The van der Waals surface area contributed by atoms with Gasteiger partial charge in [-0.1, -0.05) is 37.3 Å². The van der Waals surface area contributed by atoms with E-state index in [2.05, 4.69) is 10.4 Å². The Bertz CT molecular complexity index is 980. The largest absolute Gasteiger partial charge is 0.480 e. The van der Waals surface area contributed by atoms with Crippen LogP contribution in [0.15, 0.2) is 42.6 Å². The van der Waals surface area contributed by atoms with Crippen molar-refractivity contribution in [3.8, 4) is 11.3 Å². The summed E-state index contributed by atoms with van der Waals surface area (Å²) >= 11 is 0. The zero-order valence-corrected chi connectivity index (χ0v) is 15.5. The maximum Gasteiger partial charge on any atom is 0.326 e. The van der Waals surface area contributed by atoms with Gasteiger partial charge in [0, 0.05) is 11.6 Å². The molecule has 0 aliphatic rings. The summed E-state index contributed by atoms with van der Waals surface area (Å²) < 4.78 is 1.76. The van der Waals surface area contributed by atoms with Crippen molar-refractivity contribution in [3.05, 3.63) is 48.2 Å². The van der Waals surface area contributed by atoms with E-state index in [1.807, 2.05) is 44.2 Å². The first-order valence-corrected chi connectivity index (χ1v) is 8.89. The Morgan fingerprint density at radius 2 is 1.93 bits per heavy atom. The SMILES string of the molecule is CCC(NC(=O)c1cc(-c2ccccc2)nc2c1cnn2C(C)C)C(=O)O. The molecule has 0 saturated carbocycles. The molecule has 27 heavy (non-hydrogen) atoms. The third kappa shape index (κ3) is 3.67. The molecule has 0 radical (unpaired) electrons. The highest BCUT2D eigenvalue weighted by Crippen LogP contribution is 2.26. The average Bonchev–Trinajstić information content (AvgIpc) is 3.09. The predicted octanol–water partition coefficient (Wildman–Crippen LogP) is 3.27. The molecule has 2 aromatic heterocycles. The highest BCUT2D eigenvalue weighted by molar-refractivity contribution is 6.07. The van der Waals surface area contributed by atoms with Crippen molar-refractivity contribution in [2.75, 3.05) is 0 Å². The van der Waals surface area contributed by atoms with Crippen LogP contribution in [0.5, 0.6) is 0 Å². The Morgan fingerprint density at radius 1 is 1.22 bits per heavy atom. The van der Waals surface area contributed by atoms with Crippen LogP contribution in [0, 0.1) is 0 Å². The van der Waals surface area contributed by atoms with Crippen molar-refractivity contribution in [1.29, 1.82) is 0 Å². The van der Waals surface area contributed by atoms with Crippen LogP contribution >= 0.6 is 0 Å². The Hall–Kier alpha value is -3.22. The number of rotatable bonds is 6. The van der Waals surface area contributed by atoms with E-state index >= 15 is 0 Å². The fourth-order valence-electron chi connectivity index (χ4n) is 2.92. The average molecular weight is 366 g/mol. The van der Waals surface area contributed by atoms with Gasteiger partial charge >= 0.3 is 5.97 Å². The van der Waals surface area contributed by atoms with Crippen molar-refractivity contribution in [2.24, 2.45) is 0 Å². The predicted molar refractivity (Wildman–Crippen MR) is 103 cm³/mol. The minimum atomic E-state index is -1.06. The third-order valence-corrected chi connectivity index (χ3v) is 4.38. The van der Waals surface area contributed by atoms with E-state index in [-0.39, 0.29) is 6.04 Å². The maximum atomic E-state index is 12.9. The van der Waals surface area contributed by atoms with E-state index in [0.717, 1.165) is 5.56 Å². The molecule has 7 heteroatoms. The van der Waals surface area contributed by atoms with E-state index in [9.17, 15) is 14.7 Å². The fraction of sp³-hybridized carbons (Fsp3) is 0.300. The molecular weight excluding hydrogens is 344 g/mol. The van der Waals surface area contributed by atoms with E-state index < -0.39 is 17.9 Å². The van der Waals surface area contributed by atoms with Gasteiger partial charge in [-0.3, -0.25) is 4.79 Å². The van der Waals surface area contributed by atoms with Crippen LogP contribution in [-0.2, 0) is 4.79 Å². The van der Waals surface area contributed by atoms with Gasteiger partial charge in [-0.15, -0.1) is 0 Å². The Kier molecular flexibility index (Phi) is 5.21. The Balaban J connectivity index is 2.15. The molecular formula is C20H22N4O3. The molecule has 2 heterocycles. The maximum absolute atomic E-state index is 12.9. The summed E-state index contributed by atoms with van der Waals surface area (Å²) in [6.45, 7) is 5.69. The normalized spacial score (nSPS) is 12.3. The second-order valence-corrected chi connectivity index (χ2v) is 6.61. The van der Waals surface area contributed by atoms with Crippen LogP contribution in [0.4, 0.5) is 0 Å². The minimum absolute atomic E-state index is 0.0688. The number of pyridine rings is 1. The number of nitrogens with zero attached hydrogens (tertiary/aromatic N) is 3. The molecule has 7 nitrogen and oxygen atoms in total. The number of carbonyl (C=O) groups is 2. The summed E-state index contributed by atoms with van der Waals surface area (Å²) in [5.74, 6) is -1.51. The van der Waals surface area contributed by atoms with E-state index in [0.29, 0.717) is 28.7 Å². The number of fused-ring (bicyclic) bond motifs is 1. The van der Waals surface area contributed by atoms with Crippen molar-refractivity contribution in [1.82, 2.24) is 20.1 Å². The van der Waals surface area contributed by atoms with Gasteiger partial charge in [-0.2, -0.15) is 5.10 Å². The lowest BCUT2D eigenvalue weighted by Crippen LogP contribution is -2.40. The van der Waals surface area contributed by atoms with Crippen LogP contribution in [0.3, 0.4) is 0 Å². The molecule has 1 atom stereocenters. The number of amides is 1. The summed E-state index contributed by atoms with van der Waals surface area (Å²) in [6.07, 6.45) is 1.90. The molecule has 0 bridgehead atoms. The molecule has 3 aromatic rings. The number of carbonyl (C=O) groups excluding carboxylic acids is 1. The number of carboxylic acid groups (broad SMARTS) is 1. The zero-order chi connectivity index (χ0) is 19.6. The second kappa shape index (κ2) is 7.57. The number of aromatic nitrogens is 3. The molecule has 0 aliphatic heterocycles. The van der Waals surface area contributed by atoms with Crippen LogP contribution in [0.2, 0.25) is 0 Å². The molecule has 1 amide bonds. The molecule has 0 aliphatic carbocycles. The molecule has 1 aromatic carbocycles. The van der Waals surface area contributed by atoms with Crippen LogP contribution in [0.25, 0.3) is 22.3 Å². The number of carboxylic acids is 1. The van der Waals surface area contributed by atoms with Crippen LogP contribution in [0.1, 0.15) is 43.6 Å². The van der Waals surface area contributed by atoms with E-state index in [1.165, 1.54) is 0 Å². The summed E-state index contributed by atoms with van der Waals surface area (Å²) in [6, 6.07) is 10.4. The number of benzene rings is 1. The quantitative estimate of drug-likeness (QED) is 0.698. The van der Waals surface area contributed by atoms with Crippen molar-refractivity contribution in [2.45, 2.75) is 39.3 Å². The van der Waals surface area contributed by atoms with Gasteiger partial charge in [0.25, 0.3) is 5.91 Å². The Labute approximate surface area is 157 Å². The molecule has 3 rings (SSSR count). The van der Waals surface area contributed by atoms with Gasteiger partial charge < -0.3 is 10.4 Å². The fourth-order valence-corrected chi connectivity index (χ4v) is 2.92. The van der Waals surface area contributed by atoms with Crippen LogP contribution < -0.4 is 5.32 Å². The molecule has 0 fully saturated rings. The van der Waals surface area contributed by atoms with Crippen molar-refractivity contribution < 1.29 is 14.7 Å². The van der Waals surface area contributed by atoms with E-state index in [1.54, 1.807) is 23.9 Å².